The van der Waals surface area contributed by atoms with E-state index in [4.69, 9.17) is 4.74 Å². The van der Waals surface area contributed by atoms with Crippen LogP contribution in [0.25, 0.3) is 0 Å². The number of carbonyl (C=O) groups is 1. The van der Waals surface area contributed by atoms with Gasteiger partial charge in [0.15, 0.2) is 0 Å². The van der Waals surface area contributed by atoms with E-state index in [1.807, 2.05) is 13.8 Å². The van der Waals surface area contributed by atoms with E-state index in [1.54, 1.807) is 0 Å². The van der Waals surface area contributed by atoms with Crippen molar-refractivity contribution in [2.45, 2.75) is 39.7 Å². The second kappa shape index (κ2) is 4.09. The van der Waals surface area contributed by atoms with Crippen molar-refractivity contribution in [1.82, 2.24) is 5.32 Å². The number of amides is 1. The van der Waals surface area contributed by atoms with Gasteiger partial charge in [0, 0.05) is 12.6 Å². The first-order valence-corrected chi connectivity index (χ1v) is 4.97. The molecule has 0 aliphatic carbocycles. The van der Waals surface area contributed by atoms with Crippen LogP contribution in [0.15, 0.2) is 0 Å². The van der Waals surface area contributed by atoms with Crippen LogP contribution < -0.4 is 5.32 Å². The van der Waals surface area contributed by atoms with Crippen molar-refractivity contribution in [1.29, 1.82) is 0 Å². The van der Waals surface area contributed by atoms with Gasteiger partial charge in [-0.2, -0.15) is 0 Å². The highest BCUT2D eigenvalue weighted by Gasteiger charge is 2.37. The predicted octanol–water partition coefficient (Wildman–Crippen LogP) is 1.33. The SMILES string of the molecule is CCC(C)NC(=O)C1(C)CCOC1. The van der Waals surface area contributed by atoms with E-state index in [9.17, 15) is 4.79 Å². The van der Waals surface area contributed by atoms with Crippen LogP contribution in [0.3, 0.4) is 0 Å². The fraction of sp³-hybridized carbons (Fsp3) is 0.900. The highest BCUT2D eigenvalue weighted by Crippen LogP contribution is 2.27. The zero-order valence-electron chi connectivity index (χ0n) is 8.72. The summed E-state index contributed by atoms with van der Waals surface area (Å²) >= 11 is 0. The summed E-state index contributed by atoms with van der Waals surface area (Å²) in [7, 11) is 0. The second-order valence-electron chi connectivity index (χ2n) is 4.15. The third-order valence-electron chi connectivity index (χ3n) is 2.76. The quantitative estimate of drug-likeness (QED) is 0.720. The predicted molar refractivity (Wildman–Crippen MR) is 51.4 cm³/mol. The molecule has 1 N–H and O–H groups in total. The molecule has 0 aromatic heterocycles. The zero-order valence-corrected chi connectivity index (χ0v) is 8.72. The molecule has 1 aliphatic heterocycles. The average molecular weight is 185 g/mol. The third kappa shape index (κ3) is 2.44. The van der Waals surface area contributed by atoms with E-state index in [2.05, 4.69) is 12.2 Å². The number of rotatable bonds is 3. The van der Waals surface area contributed by atoms with E-state index in [0.29, 0.717) is 13.2 Å². The summed E-state index contributed by atoms with van der Waals surface area (Å²) in [4.78, 5) is 11.7. The van der Waals surface area contributed by atoms with Gasteiger partial charge in [-0.15, -0.1) is 0 Å². The molecule has 0 radical (unpaired) electrons. The number of hydrogen-bond donors (Lipinski definition) is 1. The lowest BCUT2D eigenvalue weighted by atomic mass is 9.88. The molecule has 0 aromatic rings. The van der Waals surface area contributed by atoms with Gasteiger partial charge in [0.1, 0.15) is 0 Å². The Kier molecular flexibility index (Phi) is 3.31. The van der Waals surface area contributed by atoms with Crippen molar-refractivity contribution >= 4 is 5.91 Å². The van der Waals surface area contributed by atoms with E-state index in [-0.39, 0.29) is 17.4 Å². The number of hydrogen-bond acceptors (Lipinski definition) is 2. The molecule has 1 amide bonds. The highest BCUT2D eigenvalue weighted by atomic mass is 16.5. The first kappa shape index (κ1) is 10.5. The van der Waals surface area contributed by atoms with Crippen LogP contribution >= 0.6 is 0 Å². The Morgan fingerprint density at radius 1 is 1.69 bits per heavy atom. The maximum atomic E-state index is 11.7. The maximum Gasteiger partial charge on any atom is 0.228 e. The molecule has 2 atom stereocenters. The maximum absolute atomic E-state index is 11.7. The van der Waals surface area contributed by atoms with Gasteiger partial charge in [0.25, 0.3) is 0 Å². The molecule has 13 heavy (non-hydrogen) atoms. The van der Waals surface area contributed by atoms with Crippen molar-refractivity contribution in [3.8, 4) is 0 Å². The lowest BCUT2D eigenvalue weighted by molar-refractivity contribution is -0.130. The van der Waals surface area contributed by atoms with Crippen molar-refractivity contribution < 1.29 is 9.53 Å². The summed E-state index contributed by atoms with van der Waals surface area (Å²) in [5, 5.41) is 2.99. The zero-order chi connectivity index (χ0) is 9.90. The van der Waals surface area contributed by atoms with E-state index >= 15 is 0 Å². The summed E-state index contributed by atoms with van der Waals surface area (Å²) in [6.45, 7) is 7.34. The minimum Gasteiger partial charge on any atom is -0.380 e. The molecule has 0 saturated carbocycles. The van der Waals surface area contributed by atoms with Crippen LogP contribution in [-0.4, -0.2) is 25.2 Å². The molecule has 1 aliphatic rings. The third-order valence-corrected chi connectivity index (χ3v) is 2.76. The van der Waals surface area contributed by atoms with E-state index in [1.165, 1.54) is 0 Å². The summed E-state index contributed by atoms with van der Waals surface area (Å²) in [5.74, 6) is 0.138. The van der Waals surface area contributed by atoms with Crippen LogP contribution in [0.1, 0.15) is 33.6 Å². The first-order chi connectivity index (χ1) is 6.08. The lowest BCUT2D eigenvalue weighted by Gasteiger charge is -2.23. The molecule has 0 spiro atoms. The lowest BCUT2D eigenvalue weighted by Crippen LogP contribution is -2.43. The average Bonchev–Trinajstić information content (AvgIpc) is 2.53. The molecule has 3 nitrogen and oxygen atoms in total. The molecular formula is C10H19NO2. The van der Waals surface area contributed by atoms with Crippen LogP contribution in [0.2, 0.25) is 0 Å². The minimum atomic E-state index is -0.288. The molecule has 1 saturated heterocycles. The largest absolute Gasteiger partial charge is 0.380 e. The van der Waals surface area contributed by atoms with Gasteiger partial charge in [-0.1, -0.05) is 6.92 Å². The number of nitrogens with one attached hydrogen (secondary N) is 1. The van der Waals surface area contributed by atoms with Crippen LogP contribution in [0, 0.1) is 5.41 Å². The molecule has 1 heterocycles. The van der Waals surface area contributed by atoms with Gasteiger partial charge in [-0.25, -0.2) is 0 Å². The topological polar surface area (TPSA) is 38.3 Å². The van der Waals surface area contributed by atoms with Gasteiger partial charge in [0.05, 0.1) is 12.0 Å². The number of ether oxygens (including phenoxy) is 1. The molecule has 0 bridgehead atoms. The summed E-state index contributed by atoms with van der Waals surface area (Å²) in [5.41, 5.74) is -0.288. The Bertz CT molecular complexity index is 185. The second-order valence-corrected chi connectivity index (χ2v) is 4.15. The molecule has 0 aromatic carbocycles. The monoisotopic (exact) mass is 185 g/mol. The van der Waals surface area contributed by atoms with Crippen LogP contribution in [-0.2, 0) is 9.53 Å². The Morgan fingerprint density at radius 3 is 2.85 bits per heavy atom. The van der Waals surface area contributed by atoms with Gasteiger partial charge in [-0.05, 0) is 26.7 Å². The Labute approximate surface area is 79.8 Å². The van der Waals surface area contributed by atoms with E-state index < -0.39 is 0 Å². The summed E-state index contributed by atoms with van der Waals surface area (Å²) in [6.07, 6.45) is 1.82. The standard InChI is InChI=1S/C10H19NO2/c1-4-8(2)11-9(12)10(3)5-6-13-7-10/h8H,4-7H2,1-3H3,(H,11,12). The molecule has 3 heteroatoms. The smallest absolute Gasteiger partial charge is 0.228 e. The highest BCUT2D eigenvalue weighted by molar-refractivity contribution is 5.82. The molecule has 1 rings (SSSR count). The minimum absolute atomic E-state index is 0.138. The van der Waals surface area contributed by atoms with Gasteiger partial charge >= 0.3 is 0 Å². The first-order valence-electron chi connectivity index (χ1n) is 4.97. The van der Waals surface area contributed by atoms with Crippen molar-refractivity contribution in [2.24, 2.45) is 5.41 Å². The molecular weight excluding hydrogens is 166 g/mol. The fourth-order valence-electron chi connectivity index (χ4n) is 1.35. The van der Waals surface area contributed by atoms with Crippen molar-refractivity contribution in [2.75, 3.05) is 13.2 Å². The molecule has 76 valence electrons. The summed E-state index contributed by atoms with van der Waals surface area (Å²) < 4.78 is 5.24. The number of carbonyl (C=O) groups excluding carboxylic acids is 1. The Balaban J connectivity index is 2.46. The molecule has 2 unspecified atom stereocenters. The van der Waals surface area contributed by atoms with Crippen LogP contribution in [0.5, 0.6) is 0 Å². The van der Waals surface area contributed by atoms with Gasteiger partial charge < -0.3 is 10.1 Å². The van der Waals surface area contributed by atoms with Crippen molar-refractivity contribution in [3.63, 3.8) is 0 Å². The van der Waals surface area contributed by atoms with Gasteiger partial charge in [0.2, 0.25) is 5.91 Å². The van der Waals surface area contributed by atoms with Crippen molar-refractivity contribution in [3.05, 3.63) is 0 Å². The van der Waals surface area contributed by atoms with E-state index in [0.717, 1.165) is 12.8 Å². The Hall–Kier alpha value is -0.570. The molecule has 1 fully saturated rings. The normalized spacial score (nSPS) is 30.1. The fourth-order valence-corrected chi connectivity index (χ4v) is 1.35. The summed E-state index contributed by atoms with van der Waals surface area (Å²) in [6, 6.07) is 0.268. The Morgan fingerprint density at radius 2 is 2.38 bits per heavy atom. The van der Waals surface area contributed by atoms with Gasteiger partial charge in [-0.3, -0.25) is 4.79 Å². The van der Waals surface area contributed by atoms with Crippen LogP contribution in [0.4, 0.5) is 0 Å².